The van der Waals surface area contributed by atoms with Gasteiger partial charge in [-0.05, 0) is 48.3 Å². The summed E-state index contributed by atoms with van der Waals surface area (Å²) in [5.74, 6) is 4.04. The van der Waals surface area contributed by atoms with Gasteiger partial charge in [0.05, 0.1) is 5.38 Å². The molecule has 0 spiro atoms. The third-order valence-electron chi connectivity index (χ3n) is 4.77. The Labute approximate surface area is 126 Å². The zero-order chi connectivity index (χ0) is 13.0. The molecule has 2 nitrogen and oxygen atoms in total. The van der Waals surface area contributed by atoms with Gasteiger partial charge in [-0.2, -0.15) is 0 Å². The van der Waals surface area contributed by atoms with Gasteiger partial charge in [-0.25, -0.2) is 0 Å². The molecule has 0 bridgehead atoms. The van der Waals surface area contributed by atoms with E-state index < -0.39 is 0 Å². The maximum atomic E-state index is 6.73. The fourth-order valence-electron chi connectivity index (χ4n) is 3.81. The Hall–Kier alpha value is -0.410. The fourth-order valence-corrected chi connectivity index (χ4v) is 5.06. The Bertz CT molecular complexity index is 509. The molecular weight excluding hydrogens is 328 g/mol. The van der Waals surface area contributed by atoms with Crippen molar-refractivity contribution in [3.8, 4) is 11.5 Å². The van der Waals surface area contributed by atoms with Gasteiger partial charge in [0.2, 0.25) is 0 Å². The van der Waals surface area contributed by atoms with Crippen molar-refractivity contribution in [3.63, 3.8) is 0 Å². The number of halogens is 2. The smallest absolute Gasteiger partial charge is 0.162 e. The van der Waals surface area contributed by atoms with E-state index in [2.05, 4.69) is 22.0 Å². The standard InChI is InChI=1S/C15H16BrClO2/c16-11-7-13-12(18-4-5-19-13)6-10(11)15(17)14-8-2-1-3-9(8)14/h6-9,14-15H,1-5H2. The predicted molar refractivity (Wildman–Crippen MR) is 78.0 cm³/mol. The van der Waals surface area contributed by atoms with E-state index in [1.54, 1.807) is 0 Å². The summed E-state index contributed by atoms with van der Waals surface area (Å²) < 4.78 is 12.3. The maximum Gasteiger partial charge on any atom is 0.162 e. The molecule has 2 saturated carbocycles. The van der Waals surface area contributed by atoms with Crippen LogP contribution >= 0.6 is 27.5 Å². The van der Waals surface area contributed by atoms with Gasteiger partial charge >= 0.3 is 0 Å². The topological polar surface area (TPSA) is 18.5 Å². The lowest BCUT2D eigenvalue weighted by Gasteiger charge is -2.22. The van der Waals surface area contributed by atoms with E-state index in [-0.39, 0.29) is 5.38 Å². The van der Waals surface area contributed by atoms with Crippen LogP contribution in [0.5, 0.6) is 11.5 Å². The monoisotopic (exact) mass is 342 g/mol. The predicted octanol–water partition coefficient (Wildman–Crippen LogP) is 4.55. The largest absolute Gasteiger partial charge is 0.486 e. The number of benzene rings is 1. The van der Waals surface area contributed by atoms with Crippen molar-refractivity contribution in [2.75, 3.05) is 13.2 Å². The van der Waals surface area contributed by atoms with Gasteiger partial charge in [0.1, 0.15) is 13.2 Å². The fraction of sp³-hybridized carbons (Fsp3) is 0.600. The quantitative estimate of drug-likeness (QED) is 0.734. The van der Waals surface area contributed by atoms with Gasteiger partial charge in [0.25, 0.3) is 0 Å². The summed E-state index contributed by atoms with van der Waals surface area (Å²) in [5.41, 5.74) is 1.16. The highest BCUT2D eigenvalue weighted by Crippen LogP contribution is 2.64. The molecule has 2 fully saturated rings. The summed E-state index contributed by atoms with van der Waals surface area (Å²) in [5, 5.41) is 0.0977. The van der Waals surface area contributed by atoms with E-state index in [0.717, 1.165) is 33.4 Å². The molecule has 4 rings (SSSR count). The molecule has 0 aromatic heterocycles. The average molecular weight is 344 g/mol. The van der Waals surface area contributed by atoms with Crippen molar-refractivity contribution in [1.29, 1.82) is 0 Å². The SMILES string of the molecule is ClC(c1cc2c(cc1Br)OCCO2)C1C2CCCC21. The summed E-state index contributed by atoms with van der Waals surface area (Å²) >= 11 is 10.4. The van der Waals surface area contributed by atoms with Gasteiger partial charge in [-0.15, -0.1) is 11.6 Å². The number of fused-ring (bicyclic) bond motifs is 2. The van der Waals surface area contributed by atoms with E-state index in [4.69, 9.17) is 21.1 Å². The summed E-state index contributed by atoms with van der Waals surface area (Å²) in [4.78, 5) is 0. The summed E-state index contributed by atoms with van der Waals surface area (Å²) in [7, 11) is 0. The lowest BCUT2D eigenvalue weighted by molar-refractivity contribution is 0.171. The van der Waals surface area contributed by atoms with Crippen molar-refractivity contribution in [2.45, 2.75) is 24.6 Å². The average Bonchev–Trinajstić information content (AvgIpc) is 2.90. The Morgan fingerprint density at radius 3 is 2.42 bits per heavy atom. The molecule has 4 heteroatoms. The first-order chi connectivity index (χ1) is 9.25. The Morgan fingerprint density at radius 2 is 1.74 bits per heavy atom. The van der Waals surface area contributed by atoms with Crippen LogP contribution in [0.3, 0.4) is 0 Å². The second kappa shape index (κ2) is 4.56. The summed E-state index contributed by atoms with van der Waals surface area (Å²) in [6, 6.07) is 4.06. The molecule has 3 atom stereocenters. The molecule has 0 saturated heterocycles. The van der Waals surface area contributed by atoms with E-state index in [1.165, 1.54) is 19.3 Å². The normalized spacial score (nSPS) is 32.8. The first-order valence-corrected chi connectivity index (χ1v) is 8.22. The lowest BCUT2D eigenvalue weighted by Crippen LogP contribution is -2.16. The molecule has 0 radical (unpaired) electrons. The van der Waals surface area contributed by atoms with Crippen molar-refractivity contribution in [1.82, 2.24) is 0 Å². The molecule has 0 amide bonds. The van der Waals surface area contributed by atoms with Crippen LogP contribution in [0.4, 0.5) is 0 Å². The van der Waals surface area contributed by atoms with Crippen LogP contribution in [-0.2, 0) is 0 Å². The molecule has 3 aliphatic rings. The number of ether oxygens (including phenoxy) is 2. The van der Waals surface area contributed by atoms with Crippen molar-refractivity contribution >= 4 is 27.5 Å². The van der Waals surface area contributed by atoms with E-state index in [9.17, 15) is 0 Å². The van der Waals surface area contributed by atoms with Gasteiger partial charge in [0.15, 0.2) is 11.5 Å². The molecule has 1 aromatic carbocycles. The van der Waals surface area contributed by atoms with Crippen LogP contribution in [0.1, 0.15) is 30.2 Å². The van der Waals surface area contributed by atoms with Crippen molar-refractivity contribution < 1.29 is 9.47 Å². The highest BCUT2D eigenvalue weighted by molar-refractivity contribution is 9.10. The Kier molecular flexibility index (Phi) is 2.96. The molecule has 1 aromatic rings. The summed E-state index contributed by atoms with van der Waals surface area (Å²) in [6.45, 7) is 1.24. The zero-order valence-corrected chi connectivity index (χ0v) is 12.9. The maximum absolute atomic E-state index is 6.73. The lowest BCUT2D eigenvalue weighted by atomic mass is 10.0. The minimum absolute atomic E-state index is 0.0977. The van der Waals surface area contributed by atoms with E-state index >= 15 is 0 Å². The van der Waals surface area contributed by atoms with Gasteiger partial charge < -0.3 is 9.47 Å². The molecule has 19 heavy (non-hydrogen) atoms. The van der Waals surface area contributed by atoms with Crippen LogP contribution in [0, 0.1) is 17.8 Å². The third kappa shape index (κ3) is 1.97. The molecule has 3 unspecified atom stereocenters. The van der Waals surface area contributed by atoms with Crippen molar-refractivity contribution in [2.24, 2.45) is 17.8 Å². The number of hydrogen-bond donors (Lipinski definition) is 0. The van der Waals surface area contributed by atoms with E-state index in [1.807, 2.05) is 6.07 Å². The Balaban J connectivity index is 1.63. The molecule has 0 N–H and O–H groups in total. The van der Waals surface area contributed by atoms with Crippen LogP contribution in [0.25, 0.3) is 0 Å². The van der Waals surface area contributed by atoms with E-state index in [0.29, 0.717) is 19.1 Å². The van der Waals surface area contributed by atoms with Gasteiger partial charge in [-0.1, -0.05) is 22.4 Å². The highest BCUT2D eigenvalue weighted by Gasteiger charge is 2.56. The van der Waals surface area contributed by atoms with Crippen LogP contribution in [0.2, 0.25) is 0 Å². The molecule has 1 heterocycles. The minimum atomic E-state index is 0.0977. The van der Waals surface area contributed by atoms with Crippen LogP contribution < -0.4 is 9.47 Å². The number of hydrogen-bond acceptors (Lipinski definition) is 2. The molecular formula is C15H16BrClO2. The zero-order valence-electron chi connectivity index (χ0n) is 10.6. The first kappa shape index (κ1) is 12.3. The minimum Gasteiger partial charge on any atom is -0.486 e. The number of rotatable bonds is 2. The van der Waals surface area contributed by atoms with Crippen LogP contribution in [0.15, 0.2) is 16.6 Å². The highest BCUT2D eigenvalue weighted by atomic mass is 79.9. The first-order valence-electron chi connectivity index (χ1n) is 6.99. The van der Waals surface area contributed by atoms with Crippen molar-refractivity contribution in [3.05, 3.63) is 22.2 Å². The van der Waals surface area contributed by atoms with Gasteiger partial charge in [0, 0.05) is 4.47 Å². The molecule has 2 aliphatic carbocycles. The van der Waals surface area contributed by atoms with Gasteiger partial charge in [-0.3, -0.25) is 0 Å². The number of alkyl halides is 1. The Morgan fingerprint density at radius 1 is 1.11 bits per heavy atom. The second-order valence-electron chi connectivity index (χ2n) is 5.76. The molecule has 1 aliphatic heterocycles. The van der Waals surface area contributed by atoms with Crippen LogP contribution in [-0.4, -0.2) is 13.2 Å². The third-order valence-corrected chi connectivity index (χ3v) is 5.98. The summed E-state index contributed by atoms with van der Waals surface area (Å²) in [6.07, 6.45) is 4.11. The second-order valence-corrected chi connectivity index (χ2v) is 7.08. The molecule has 102 valence electrons.